The topological polar surface area (TPSA) is 0 Å². The molecule has 0 amide bonds. The lowest BCUT2D eigenvalue weighted by atomic mass is 10.4. The maximum Gasteiger partial charge on any atom is -0.00848 e. The van der Waals surface area contributed by atoms with E-state index in [1.54, 1.807) is 0 Å². The summed E-state index contributed by atoms with van der Waals surface area (Å²) >= 11 is 5.88. The van der Waals surface area contributed by atoms with Gasteiger partial charge in [0, 0.05) is 0 Å². The van der Waals surface area contributed by atoms with Crippen LogP contribution in [0.25, 0.3) is 0 Å². The van der Waals surface area contributed by atoms with Crippen molar-refractivity contribution in [1.29, 1.82) is 0 Å². The van der Waals surface area contributed by atoms with Gasteiger partial charge in [-0.05, 0) is 11.7 Å². The molecule has 0 aromatic heterocycles. The van der Waals surface area contributed by atoms with Gasteiger partial charge in [-0.15, -0.1) is 0 Å². The normalized spacial score (nSPS) is 4.80. The molecule has 0 radical (unpaired) electrons. The van der Waals surface area contributed by atoms with E-state index in [0.717, 1.165) is 0 Å². The van der Waals surface area contributed by atoms with Crippen molar-refractivity contribution in [2.24, 2.45) is 0 Å². The minimum Gasteiger partial charge on any atom is -0.0966 e. The van der Waals surface area contributed by atoms with Gasteiger partial charge in [0.1, 0.15) is 0 Å². The van der Waals surface area contributed by atoms with Crippen molar-refractivity contribution >= 4 is 31.9 Å². The Morgan fingerprint density at radius 3 is 0.160 bits per heavy atom. The number of alkyl halides is 2. The molecule has 3 aromatic carbocycles. The third kappa shape index (κ3) is 351. The van der Waals surface area contributed by atoms with Crippen molar-refractivity contribution in [2.75, 3.05) is 11.7 Å². The zero-order valence-electron chi connectivity index (χ0n) is 41.1. The van der Waals surface area contributed by atoms with Crippen LogP contribution in [0.4, 0.5) is 0 Å². The summed E-state index contributed by atoms with van der Waals surface area (Å²) in [5.74, 6) is 3.62. The molecule has 0 bridgehead atoms. The largest absolute Gasteiger partial charge is 0.0966 e. The maximum absolute atomic E-state index is 2.94. The summed E-state index contributed by atoms with van der Waals surface area (Å²) in [5.41, 5.74) is 0. The highest BCUT2D eigenvalue weighted by Crippen LogP contribution is 1.81. The lowest BCUT2D eigenvalue weighted by Crippen LogP contribution is -1.47. The number of halogens is 2. The number of rotatable bonds is 0. The van der Waals surface area contributed by atoms with E-state index in [2.05, 4.69) is 31.9 Å². The Hall–Kier alpha value is -1.38. The molecular weight excluding hydrogens is 736 g/mol. The second-order valence-electron chi connectivity index (χ2n) is 3.46. The zero-order valence-corrected chi connectivity index (χ0v) is 44.3. The molecule has 0 heterocycles. The monoisotopic (exact) mass is 843 g/mol. The van der Waals surface area contributed by atoms with E-state index in [4.69, 9.17) is 0 Å². The predicted octanol–water partition coefficient (Wildman–Crippen LogP) is 21.4. The molecule has 0 saturated carbocycles. The molecule has 2 heteroatoms. The van der Waals surface area contributed by atoms with Crippen molar-refractivity contribution < 1.29 is 0 Å². The average Bonchev–Trinajstić information content (AvgIpc) is 3.34. The summed E-state index contributed by atoms with van der Waals surface area (Å²) < 4.78 is 0. The molecule has 3 aromatic rings. The Bertz CT molecular complexity index is 303. The molecule has 0 N–H and O–H groups in total. The van der Waals surface area contributed by atoms with Crippen molar-refractivity contribution in [3.8, 4) is 0 Å². The van der Waals surface area contributed by atoms with Crippen molar-refractivity contribution in [1.82, 2.24) is 0 Å². The second kappa shape index (κ2) is 375. The average molecular weight is 845 g/mol. The first-order valence-corrected chi connectivity index (χ1v) is 23.9. The SMILES string of the molecule is CBr.CBr.CC.CC.CC.CC.CC.CC.CC.CC.CC.CC.CC.CC.CC.CC.c1ccccc1.c1ccccc1.c1ccccc1. The summed E-state index contributed by atoms with van der Waals surface area (Å²) in [6.45, 7) is 56.0. The molecule has 50 heavy (non-hydrogen) atoms. The highest BCUT2D eigenvalue weighted by Gasteiger charge is 1.59. The van der Waals surface area contributed by atoms with E-state index in [1.165, 1.54) is 0 Å². The Kier molecular flexibility index (Phi) is 776. The van der Waals surface area contributed by atoms with Gasteiger partial charge in [0.2, 0.25) is 0 Å². The van der Waals surface area contributed by atoms with Gasteiger partial charge in [-0.2, -0.15) is 0 Å². The van der Waals surface area contributed by atoms with E-state index < -0.39 is 0 Å². The Labute approximate surface area is 344 Å². The van der Waals surface area contributed by atoms with Gasteiger partial charge >= 0.3 is 0 Å². The summed E-state index contributed by atoms with van der Waals surface area (Å²) in [6, 6.07) is 36.0. The molecule has 0 aliphatic heterocycles. The maximum atomic E-state index is 2.94. The van der Waals surface area contributed by atoms with E-state index in [0.29, 0.717) is 0 Å². The zero-order chi connectivity index (χ0) is 44.7. The first kappa shape index (κ1) is 104. The smallest absolute Gasteiger partial charge is 0.00848 e. The summed E-state index contributed by atoms with van der Waals surface area (Å²) in [5, 5.41) is 0. The van der Waals surface area contributed by atoms with Crippen LogP contribution >= 0.6 is 31.9 Å². The molecule has 0 unspecified atom stereocenters. The van der Waals surface area contributed by atoms with Crippen molar-refractivity contribution in [2.45, 2.75) is 194 Å². The number of benzene rings is 3. The molecule has 0 aliphatic carbocycles. The van der Waals surface area contributed by atoms with Gasteiger partial charge in [0.15, 0.2) is 0 Å². The summed E-state index contributed by atoms with van der Waals surface area (Å²) in [6.07, 6.45) is 0. The molecule has 314 valence electrons. The fourth-order valence-electron chi connectivity index (χ4n) is 1.15. The molecule has 3 rings (SSSR count). The van der Waals surface area contributed by atoms with E-state index in [-0.39, 0.29) is 0 Å². The van der Waals surface area contributed by atoms with Crippen LogP contribution in [0.5, 0.6) is 0 Å². The summed E-state index contributed by atoms with van der Waals surface area (Å²) in [4.78, 5) is 0. The van der Waals surface area contributed by atoms with Gasteiger partial charge in [0.05, 0.1) is 0 Å². The lowest BCUT2D eigenvalue weighted by Gasteiger charge is -1.69. The first-order chi connectivity index (χ1) is 25.0. The Morgan fingerprint density at radius 1 is 0.120 bits per heavy atom. The van der Waals surface area contributed by atoms with Crippen LogP contribution in [0.2, 0.25) is 0 Å². The predicted molar refractivity (Wildman–Crippen MR) is 268 cm³/mol. The van der Waals surface area contributed by atoms with Crippen LogP contribution in [0.1, 0.15) is 194 Å². The molecule has 0 nitrogen and oxygen atoms in total. The van der Waals surface area contributed by atoms with Crippen molar-refractivity contribution in [3.05, 3.63) is 109 Å². The van der Waals surface area contributed by atoms with Gasteiger partial charge in [-0.3, -0.25) is 0 Å². The Balaban J connectivity index is -0.0000000180. The number of hydrogen-bond donors (Lipinski definition) is 0. The molecule has 0 saturated heterocycles. The first-order valence-electron chi connectivity index (χ1n) is 20.8. The van der Waals surface area contributed by atoms with Crippen LogP contribution in [0.15, 0.2) is 109 Å². The van der Waals surface area contributed by atoms with Crippen LogP contribution in [-0.2, 0) is 0 Å². The third-order valence-corrected chi connectivity index (χ3v) is 2.00. The molecular formula is C48H108Br2. The fourth-order valence-corrected chi connectivity index (χ4v) is 1.15. The summed E-state index contributed by atoms with van der Waals surface area (Å²) in [7, 11) is 0. The van der Waals surface area contributed by atoms with Crippen LogP contribution in [0, 0.1) is 0 Å². The quantitative estimate of drug-likeness (QED) is 0.198. The van der Waals surface area contributed by atoms with Gasteiger partial charge < -0.3 is 0 Å². The minimum absolute atomic E-state index is 1.81. The molecule has 0 spiro atoms. The standard InChI is InChI=1S/3C6H6.14C2H6.2CH3Br/c3*1-2-4-6-5-3-1;16*1-2/h3*1-6H;14*1-2H3;2*1H3. The highest BCUT2D eigenvalue weighted by atomic mass is 79.9. The lowest BCUT2D eigenvalue weighted by molar-refractivity contribution is 1.50. The van der Waals surface area contributed by atoms with Crippen LogP contribution < -0.4 is 0 Å². The van der Waals surface area contributed by atoms with Crippen LogP contribution in [0.3, 0.4) is 0 Å². The second-order valence-corrected chi connectivity index (χ2v) is 3.46. The molecule has 0 fully saturated rings. The van der Waals surface area contributed by atoms with E-state index in [9.17, 15) is 0 Å². The third-order valence-electron chi connectivity index (χ3n) is 2.00. The van der Waals surface area contributed by atoms with E-state index >= 15 is 0 Å². The highest BCUT2D eigenvalue weighted by molar-refractivity contribution is 9.09. The van der Waals surface area contributed by atoms with Gasteiger partial charge in [0.25, 0.3) is 0 Å². The van der Waals surface area contributed by atoms with Crippen LogP contribution in [-0.4, -0.2) is 11.7 Å². The minimum atomic E-state index is 1.81. The Morgan fingerprint density at radius 2 is 0.140 bits per heavy atom. The van der Waals surface area contributed by atoms with Gasteiger partial charge in [-0.1, -0.05) is 335 Å². The van der Waals surface area contributed by atoms with E-state index in [1.807, 2.05) is 315 Å². The number of hydrogen-bond acceptors (Lipinski definition) is 0. The molecule has 0 atom stereocenters. The fraction of sp³-hybridized carbons (Fsp3) is 0.625. The van der Waals surface area contributed by atoms with Crippen molar-refractivity contribution in [3.63, 3.8) is 0 Å². The molecule has 0 aliphatic rings. The van der Waals surface area contributed by atoms with Gasteiger partial charge in [-0.25, -0.2) is 0 Å².